The Morgan fingerprint density at radius 1 is 1.20 bits per heavy atom. The zero-order chi connectivity index (χ0) is 7.28. The first-order valence-corrected chi connectivity index (χ1v) is 2.39. The van der Waals surface area contributed by atoms with E-state index in [1.807, 2.05) is 0 Å². The summed E-state index contributed by atoms with van der Waals surface area (Å²) >= 11 is 0. The molecule has 0 aromatic carbocycles. The average Bonchev–Trinajstić information content (AvgIpc) is 1.63. The van der Waals surface area contributed by atoms with Gasteiger partial charge >= 0.3 is 37.2 Å². The Morgan fingerprint density at radius 2 is 1.50 bits per heavy atom. The molecule has 10 heavy (non-hydrogen) atoms. The van der Waals surface area contributed by atoms with Gasteiger partial charge < -0.3 is 10.7 Å². The fraction of sp³-hybridized carbons (Fsp3) is 0.500. The first-order chi connectivity index (χ1) is 4.13. The van der Waals surface area contributed by atoms with Crippen LogP contribution < -0.4 is 29.6 Å². The first kappa shape index (κ1) is 12.7. The van der Waals surface area contributed by atoms with Gasteiger partial charge in [0.05, 0.1) is 0 Å². The molecule has 0 rings (SSSR count). The summed E-state index contributed by atoms with van der Waals surface area (Å²) in [4.78, 5) is 20.0. The quantitative estimate of drug-likeness (QED) is 0.387. The molecular weight excluding hydrogens is 146 g/mol. The van der Waals surface area contributed by atoms with Crippen molar-refractivity contribution in [2.45, 2.75) is 13.8 Å². The monoisotopic (exact) mass is 154 g/mol. The van der Waals surface area contributed by atoms with E-state index < -0.39 is 11.9 Å². The van der Waals surface area contributed by atoms with Gasteiger partial charge in [0.25, 0.3) is 11.9 Å². The normalized spacial score (nSPS) is 7.00. The number of rotatable bonds is 2. The second kappa shape index (κ2) is 7.12. The summed E-state index contributed by atoms with van der Waals surface area (Å²) < 4.78 is 8.54. The molecule has 0 aromatic rings. The summed E-state index contributed by atoms with van der Waals surface area (Å²) in [5, 5.41) is 0. The van der Waals surface area contributed by atoms with Crippen LogP contribution in [-0.4, -0.2) is 19.6 Å². The van der Waals surface area contributed by atoms with Crippen molar-refractivity contribution < 1.29 is 49.9 Å². The molecule has 0 aliphatic carbocycles. The molecule has 0 aliphatic heterocycles. The molecule has 0 fully saturated rings. The molecule has 0 unspecified atom stereocenters. The van der Waals surface area contributed by atoms with E-state index >= 15 is 0 Å². The topological polar surface area (TPSA) is 52.6 Å². The molecule has 6 heteroatoms. The Labute approximate surface area is 83.3 Å². The molecule has 0 spiro atoms. The maximum atomic E-state index is 10.0. The summed E-state index contributed by atoms with van der Waals surface area (Å²) in [6, 6.07) is 0. The second-order valence-electron chi connectivity index (χ2n) is 1.39. The van der Waals surface area contributed by atoms with Crippen LogP contribution in [0.15, 0.2) is 0 Å². The molecule has 0 heterocycles. The van der Waals surface area contributed by atoms with Gasteiger partial charge in [-0.05, 0) is 0 Å². The van der Waals surface area contributed by atoms with Crippen LogP contribution in [0.3, 0.4) is 0 Å². The van der Waals surface area contributed by atoms with E-state index in [1.165, 1.54) is 13.8 Å². The van der Waals surface area contributed by atoms with Crippen molar-refractivity contribution in [2.24, 2.45) is 0 Å². The van der Waals surface area contributed by atoms with Gasteiger partial charge in [-0.3, -0.25) is 9.59 Å². The van der Waals surface area contributed by atoms with Crippen LogP contribution >= 0.6 is 0 Å². The predicted molar refractivity (Wildman–Crippen MR) is 31.8 cm³/mol. The van der Waals surface area contributed by atoms with E-state index in [4.69, 9.17) is 0 Å². The van der Waals surface area contributed by atoms with Crippen molar-refractivity contribution in [3.63, 3.8) is 0 Å². The summed E-state index contributed by atoms with van der Waals surface area (Å²) in [5.74, 6) is -0.924. The van der Waals surface area contributed by atoms with Crippen molar-refractivity contribution in [2.75, 3.05) is 0 Å². The Morgan fingerprint density at radius 3 is 1.70 bits per heavy atom. The first-order valence-electron chi connectivity index (χ1n) is 2.39. The minimum Gasteiger partial charge on any atom is -1.00 e. The van der Waals surface area contributed by atoms with E-state index in [9.17, 15) is 9.59 Å². The van der Waals surface area contributed by atoms with Crippen LogP contribution in [0.5, 0.6) is 0 Å². The molecule has 0 aliphatic rings. The molecule has 0 saturated carbocycles. The zero-order valence-electron chi connectivity index (χ0n) is 7.34. The average molecular weight is 154 g/mol. The summed E-state index contributed by atoms with van der Waals surface area (Å²) in [6.45, 7) is 2.48. The Bertz CT molecular complexity index is 117. The molecule has 0 N–H and O–H groups in total. The van der Waals surface area contributed by atoms with Crippen molar-refractivity contribution in [1.82, 2.24) is 0 Å². The van der Waals surface area contributed by atoms with Crippen LogP contribution in [0.2, 0.25) is 0 Å². The van der Waals surface area contributed by atoms with Crippen LogP contribution in [0.1, 0.15) is 15.3 Å². The Balaban J connectivity index is -0.000000320. The molecular formula is C4H8BNaO4. The summed E-state index contributed by atoms with van der Waals surface area (Å²) in [6.07, 6.45) is 0. The van der Waals surface area contributed by atoms with Gasteiger partial charge in [-0.15, -0.1) is 0 Å². The van der Waals surface area contributed by atoms with Gasteiger partial charge in [-0.1, -0.05) is 0 Å². The van der Waals surface area contributed by atoms with Crippen LogP contribution in [0.25, 0.3) is 0 Å². The van der Waals surface area contributed by atoms with Crippen molar-refractivity contribution in [3.8, 4) is 0 Å². The van der Waals surface area contributed by atoms with E-state index in [0.29, 0.717) is 0 Å². The van der Waals surface area contributed by atoms with E-state index in [0.717, 1.165) is 0 Å². The molecule has 0 aromatic heterocycles. The number of hydrogen-bond acceptors (Lipinski definition) is 4. The largest absolute Gasteiger partial charge is 1.00 e. The van der Waals surface area contributed by atoms with Crippen LogP contribution in [0.4, 0.5) is 0 Å². The van der Waals surface area contributed by atoms with Gasteiger partial charge in [0, 0.05) is 13.8 Å². The molecule has 0 atom stereocenters. The van der Waals surface area contributed by atoms with Crippen LogP contribution in [0, 0.1) is 0 Å². The summed E-state index contributed by atoms with van der Waals surface area (Å²) in [5.41, 5.74) is 0. The maximum absolute atomic E-state index is 10.0. The predicted octanol–water partition coefficient (Wildman–Crippen LogP) is -3.50. The van der Waals surface area contributed by atoms with Gasteiger partial charge in [0.1, 0.15) is 0 Å². The molecule has 0 saturated heterocycles. The smallest absolute Gasteiger partial charge is 1.00 e. The van der Waals surface area contributed by atoms with Gasteiger partial charge in [-0.2, -0.15) is 0 Å². The van der Waals surface area contributed by atoms with Crippen LogP contribution in [-0.2, 0) is 18.9 Å². The minimum atomic E-state index is -0.462. The third-order valence-corrected chi connectivity index (χ3v) is 0.524. The molecule has 0 bridgehead atoms. The molecule has 0 radical (unpaired) electrons. The molecule has 4 nitrogen and oxygen atoms in total. The second-order valence-corrected chi connectivity index (χ2v) is 1.39. The van der Waals surface area contributed by atoms with Gasteiger partial charge in [0.2, 0.25) is 0 Å². The zero-order valence-corrected chi connectivity index (χ0v) is 8.34. The number of carbonyl (C=O) groups is 2. The number of carbonyl (C=O) groups excluding carboxylic acids is 2. The van der Waals surface area contributed by atoms with E-state index in [1.54, 1.807) is 0 Å². The fourth-order valence-corrected chi connectivity index (χ4v) is 0.195. The van der Waals surface area contributed by atoms with Gasteiger partial charge in [-0.25, -0.2) is 0 Å². The third-order valence-electron chi connectivity index (χ3n) is 0.524. The van der Waals surface area contributed by atoms with Crippen molar-refractivity contribution >= 4 is 19.6 Å². The van der Waals surface area contributed by atoms with Gasteiger partial charge in [0.15, 0.2) is 0 Å². The maximum Gasteiger partial charge on any atom is 1.00 e. The summed E-state index contributed by atoms with van der Waals surface area (Å²) in [7, 11) is -0.287. The molecule has 0 amide bonds. The van der Waals surface area contributed by atoms with E-state index in [-0.39, 0.29) is 38.7 Å². The Kier molecular flexibility index (Phi) is 9.01. The minimum absolute atomic E-state index is 0. The van der Waals surface area contributed by atoms with E-state index in [2.05, 4.69) is 9.31 Å². The number of hydrogen-bond donors (Lipinski definition) is 0. The Hall–Kier alpha value is 0.00494. The fourth-order valence-electron chi connectivity index (χ4n) is 0.195. The van der Waals surface area contributed by atoms with Crippen molar-refractivity contribution in [1.29, 1.82) is 0 Å². The SMILES string of the molecule is CC(=O)OBOC(C)=O.[H-].[Na+]. The molecule has 52 valence electrons. The van der Waals surface area contributed by atoms with Crippen molar-refractivity contribution in [3.05, 3.63) is 0 Å². The third kappa shape index (κ3) is 10.9. The standard InChI is InChI=1S/C4H7BO4.Na.H/c1-3(6)8-5-9-4(2)7;;/h5H,1-2H3;;/q;+1;-1.